The first-order valence-electron chi connectivity index (χ1n) is 8.70. The Hall–Kier alpha value is -3.25. The average molecular weight is 396 g/mol. The summed E-state index contributed by atoms with van der Waals surface area (Å²) in [5, 5.41) is 6.72. The minimum absolute atomic E-state index is 0.184. The summed E-state index contributed by atoms with van der Waals surface area (Å²) in [5.41, 5.74) is 4.52. The summed E-state index contributed by atoms with van der Waals surface area (Å²) in [6.45, 7) is 4.16. The van der Waals surface area contributed by atoms with Crippen molar-refractivity contribution in [2.45, 2.75) is 13.8 Å². The van der Waals surface area contributed by atoms with Crippen molar-refractivity contribution in [3.8, 4) is 11.5 Å². The lowest BCUT2D eigenvalue weighted by Gasteiger charge is -2.13. The van der Waals surface area contributed by atoms with Gasteiger partial charge in [0.2, 0.25) is 6.79 Å². The molecular weight excluding hydrogens is 378 g/mol. The largest absolute Gasteiger partial charge is 0.454 e. The zero-order valence-electron chi connectivity index (χ0n) is 15.4. The highest BCUT2D eigenvalue weighted by atomic mass is 35.5. The molecule has 0 spiro atoms. The number of pyridine rings is 1. The van der Waals surface area contributed by atoms with Gasteiger partial charge in [0.05, 0.1) is 10.7 Å². The number of aromatic nitrogens is 1. The van der Waals surface area contributed by atoms with Crippen molar-refractivity contribution >= 4 is 34.6 Å². The number of hydrogen-bond donors (Lipinski definition) is 2. The van der Waals surface area contributed by atoms with E-state index >= 15 is 0 Å². The summed E-state index contributed by atoms with van der Waals surface area (Å²) >= 11 is 6.36. The lowest BCUT2D eigenvalue weighted by Crippen LogP contribution is -2.13. The standard InChI is InChI=1S/C21H18ClN3O3/c1-12-7-13(2)20(16(22)8-12)24-15-5-6-23-17(9-15)21(26)25-14-3-4-18-19(10-14)28-11-27-18/h3-10H,11H2,1-2H3,(H,23,24)(H,25,26). The number of carbonyl (C=O) groups is 1. The molecule has 28 heavy (non-hydrogen) atoms. The van der Waals surface area contributed by atoms with Gasteiger partial charge in [0.25, 0.3) is 5.91 Å². The van der Waals surface area contributed by atoms with E-state index in [-0.39, 0.29) is 18.4 Å². The van der Waals surface area contributed by atoms with E-state index < -0.39 is 0 Å². The zero-order chi connectivity index (χ0) is 19.7. The van der Waals surface area contributed by atoms with Crippen molar-refractivity contribution in [1.29, 1.82) is 0 Å². The third kappa shape index (κ3) is 3.73. The van der Waals surface area contributed by atoms with Gasteiger partial charge in [0.15, 0.2) is 11.5 Å². The van der Waals surface area contributed by atoms with Gasteiger partial charge >= 0.3 is 0 Å². The third-order valence-corrected chi connectivity index (χ3v) is 4.62. The maximum Gasteiger partial charge on any atom is 0.274 e. The van der Waals surface area contributed by atoms with Crippen LogP contribution >= 0.6 is 11.6 Å². The van der Waals surface area contributed by atoms with Gasteiger partial charge in [-0.3, -0.25) is 9.78 Å². The van der Waals surface area contributed by atoms with E-state index in [2.05, 4.69) is 15.6 Å². The van der Waals surface area contributed by atoms with E-state index in [1.807, 2.05) is 26.0 Å². The number of nitrogens with zero attached hydrogens (tertiary/aromatic N) is 1. The van der Waals surface area contributed by atoms with E-state index in [0.29, 0.717) is 22.2 Å². The van der Waals surface area contributed by atoms with Crippen LogP contribution in [0.3, 0.4) is 0 Å². The van der Waals surface area contributed by atoms with Gasteiger partial charge in [-0.25, -0.2) is 0 Å². The number of hydrogen-bond acceptors (Lipinski definition) is 5. The van der Waals surface area contributed by atoms with E-state index in [4.69, 9.17) is 21.1 Å². The zero-order valence-corrected chi connectivity index (χ0v) is 16.1. The van der Waals surface area contributed by atoms with Crippen LogP contribution in [0.2, 0.25) is 5.02 Å². The van der Waals surface area contributed by atoms with Crippen LogP contribution in [0.4, 0.5) is 17.1 Å². The Kier molecular flexibility index (Phi) is 4.79. The Bertz CT molecular complexity index is 1050. The molecule has 2 N–H and O–H groups in total. The smallest absolute Gasteiger partial charge is 0.274 e. The molecular formula is C21H18ClN3O3. The molecule has 142 valence electrons. The molecule has 0 saturated heterocycles. The van der Waals surface area contributed by atoms with Gasteiger partial charge in [-0.2, -0.15) is 0 Å². The minimum Gasteiger partial charge on any atom is -0.454 e. The summed E-state index contributed by atoms with van der Waals surface area (Å²) in [4.78, 5) is 16.8. The molecule has 1 aromatic heterocycles. The van der Waals surface area contributed by atoms with Crippen LogP contribution in [0.15, 0.2) is 48.7 Å². The number of benzene rings is 2. The van der Waals surface area contributed by atoms with Crippen molar-refractivity contribution in [1.82, 2.24) is 4.98 Å². The molecule has 1 aliphatic rings. The first-order chi connectivity index (χ1) is 13.5. The summed E-state index contributed by atoms with van der Waals surface area (Å²) in [6.07, 6.45) is 1.58. The van der Waals surface area contributed by atoms with Crippen LogP contribution in [0, 0.1) is 13.8 Å². The molecule has 0 radical (unpaired) electrons. The van der Waals surface area contributed by atoms with Crippen LogP contribution in [0.5, 0.6) is 11.5 Å². The summed E-state index contributed by atoms with van der Waals surface area (Å²) in [5.74, 6) is 0.938. The monoisotopic (exact) mass is 395 g/mol. The Morgan fingerprint density at radius 1 is 1.04 bits per heavy atom. The molecule has 0 unspecified atom stereocenters. The lowest BCUT2D eigenvalue weighted by atomic mass is 10.1. The van der Waals surface area contributed by atoms with Crippen LogP contribution in [-0.2, 0) is 0 Å². The minimum atomic E-state index is -0.325. The highest BCUT2D eigenvalue weighted by Gasteiger charge is 2.15. The van der Waals surface area contributed by atoms with Crippen molar-refractivity contribution in [3.05, 3.63) is 70.5 Å². The van der Waals surface area contributed by atoms with Crippen molar-refractivity contribution < 1.29 is 14.3 Å². The number of nitrogens with one attached hydrogen (secondary N) is 2. The van der Waals surface area contributed by atoms with Crippen molar-refractivity contribution in [2.75, 3.05) is 17.4 Å². The molecule has 4 rings (SSSR count). The molecule has 7 heteroatoms. The fourth-order valence-electron chi connectivity index (χ4n) is 3.02. The number of halogens is 1. The van der Waals surface area contributed by atoms with Crippen molar-refractivity contribution in [2.24, 2.45) is 0 Å². The molecule has 3 aromatic rings. The third-order valence-electron chi connectivity index (χ3n) is 4.32. The molecule has 1 amide bonds. The second kappa shape index (κ2) is 7.40. The predicted molar refractivity (Wildman–Crippen MR) is 109 cm³/mol. The molecule has 0 bridgehead atoms. The fourth-order valence-corrected chi connectivity index (χ4v) is 3.39. The van der Waals surface area contributed by atoms with Crippen LogP contribution in [0.25, 0.3) is 0 Å². The van der Waals surface area contributed by atoms with Gasteiger partial charge < -0.3 is 20.1 Å². The SMILES string of the molecule is Cc1cc(C)c(Nc2ccnc(C(=O)Nc3ccc4c(c3)OCO4)c2)c(Cl)c1. The van der Waals surface area contributed by atoms with Crippen LogP contribution < -0.4 is 20.1 Å². The quantitative estimate of drug-likeness (QED) is 0.644. The van der Waals surface area contributed by atoms with Gasteiger partial charge in [0, 0.05) is 23.6 Å². The highest BCUT2D eigenvalue weighted by molar-refractivity contribution is 6.33. The summed E-state index contributed by atoms with van der Waals surface area (Å²) in [7, 11) is 0. The van der Waals surface area contributed by atoms with E-state index in [1.165, 1.54) is 0 Å². The number of amides is 1. The predicted octanol–water partition coefficient (Wildman–Crippen LogP) is 5.08. The van der Waals surface area contributed by atoms with E-state index in [9.17, 15) is 4.79 Å². The molecule has 2 heterocycles. The Morgan fingerprint density at radius 2 is 1.86 bits per heavy atom. The molecule has 2 aromatic carbocycles. The molecule has 6 nitrogen and oxygen atoms in total. The van der Waals surface area contributed by atoms with Gasteiger partial charge in [-0.15, -0.1) is 0 Å². The molecule has 0 aliphatic carbocycles. The first kappa shape index (κ1) is 18.1. The lowest BCUT2D eigenvalue weighted by molar-refractivity contribution is 0.102. The second-order valence-electron chi connectivity index (χ2n) is 6.52. The number of fused-ring (bicyclic) bond motifs is 1. The Labute approximate surface area is 167 Å². The molecule has 1 aliphatic heterocycles. The summed E-state index contributed by atoms with van der Waals surface area (Å²) in [6, 6.07) is 12.6. The molecule has 0 saturated carbocycles. The number of rotatable bonds is 4. The molecule has 0 atom stereocenters. The van der Waals surface area contributed by atoms with Crippen LogP contribution in [0.1, 0.15) is 21.6 Å². The number of aryl methyl sites for hydroxylation is 2. The maximum absolute atomic E-state index is 12.6. The topological polar surface area (TPSA) is 72.5 Å². The maximum atomic E-state index is 12.6. The summed E-state index contributed by atoms with van der Waals surface area (Å²) < 4.78 is 10.6. The van der Waals surface area contributed by atoms with E-state index in [1.54, 1.807) is 36.5 Å². The van der Waals surface area contributed by atoms with Crippen molar-refractivity contribution in [3.63, 3.8) is 0 Å². The first-order valence-corrected chi connectivity index (χ1v) is 9.08. The molecule has 0 fully saturated rings. The second-order valence-corrected chi connectivity index (χ2v) is 6.92. The normalized spacial score (nSPS) is 12.0. The number of ether oxygens (including phenoxy) is 2. The Morgan fingerprint density at radius 3 is 2.68 bits per heavy atom. The number of carbonyl (C=O) groups excluding carboxylic acids is 1. The Balaban J connectivity index is 1.53. The van der Waals surface area contributed by atoms with Gasteiger partial charge in [-0.05, 0) is 55.3 Å². The highest BCUT2D eigenvalue weighted by Crippen LogP contribution is 2.34. The fraction of sp³-hybridized carbons (Fsp3) is 0.143. The van der Waals surface area contributed by atoms with Gasteiger partial charge in [-0.1, -0.05) is 17.7 Å². The van der Waals surface area contributed by atoms with Gasteiger partial charge in [0.1, 0.15) is 5.69 Å². The average Bonchev–Trinajstić information content (AvgIpc) is 3.12. The van der Waals surface area contributed by atoms with Crippen LogP contribution in [-0.4, -0.2) is 17.7 Å². The number of anilines is 3. The van der Waals surface area contributed by atoms with E-state index in [0.717, 1.165) is 22.5 Å².